The van der Waals surface area contributed by atoms with Crippen LogP contribution in [0.3, 0.4) is 0 Å². The van der Waals surface area contributed by atoms with Gasteiger partial charge in [0.25, 0.3) is 5.91 Å². The lowest BCUT2D eigenvalue weighted by Crippen LogP contribution is -2.41. The first-order chi connectivity index (χ1) is 11.4. The van der Waals surface area contributed by atoms with Gasteiger partial charge in [-0.3, -0.25) is 4.79 Å². The molecule has 1 unspecified atom stereocenters. The third-order valence-electron chi connectivity index (χ3n) is 4.42. The van der Waals surface area contributed by atoms with Crippen LogP contribution < -0.4 is 15.8 Å². The minimum atomic E-state index is -0.340. The van der Waals surface area contributed by atoms with Gasteiger partial charge in [0, 0.05) is 23.2 Å². The number of benzene rings is 2. The predicted octanol–water partition coefficient (Wildman–Crippen LogP) is 3.86. The first-order valence-corrected chi connectivity index (χ1v) is 8.36. The molecule has 1 atom stereocenters. The minimum Gasteiger partial charge on any atom is -0.487 e. The molecule has 0 aliphatic carbocycles. The lowest BCUT2D eigenvalue weighted by atomic mass is 9.89. The number of anilines is 1. The number of nitrogen functional groups attached to an aromatic ring is 1. The Bertz CT molecular complexity index is 751. The summed E-state index contributed by atoms with van der Waals surface area (Å²) >= 11 is 0. The number of nitrogens with two attached hydrogens (primary N) is 1. The maximum atomic E-state index is 12.6. The van der Waals surface area contributed by atoms with Crippen molar-refractivity contribution in [1.29, 1.82) is 0 Å². The number of nitrogens with one attached hydrogen (secondary N) is 1. The van der Waals surface area contributed by atoms with Crippen molar-refractivity contribution in [2.75, 3.05) is 5.73 Å². The van der Waals surface area contributed by atoms with Crippen LogP contribution in [0.15, 0.2) is 42.5 Å². The highest BCUT2D eigenvalue weighted by Gasteiger charge is 2.34. The van der Waals surface area contributed by atoms with Gasteiger partial charge in [-0.05, 0) is 56.2 Å². The molecule has 1 heterocycles. The summed E-state index contributed by atoms with van der Waals surface area (Å²) in [5.41, 5.74) is 9.07. The van der Waals surface area contributed by atoms with Gasteiger partial charge >= 0.3 is 0 Å². The smallest absolute Gasteiger partial charge is 0.251 e. The summed E-state index contributed by atoms with van der Waals surface area (Å²) in [5.74, 6) is 0.709. The molecule has 4 heteroatoms. The molecule has 0 fully saturated rings. The molecule has 1 aliphatic heterocycles. The molecular weight excluding hydrogens is 300 g/mol. The number of aryl methyl sites for hydroxylation is 1. The molecule has 24 heavy (non-hydrogen) atoms. The number of rotatable bonds is 3. The van der Waals surface area contributed by atoms with Crippen LogP contribution in [0.25, 0.3) is 0 Å². The SMILES string of the molecule is CCc1ccc(C(=O)NC2CC(C)(C)Oc3ccc(N)cc32)cc1. The van der Waals surface area contributed by atoms with E-state index >= 15 is 0 Å². The van der Waals surface area contributed by atoms with E-state index in [0.717, 1.165) is 17.7 Å². The zero-order chi connectivity index (χ0) is 17.3. The van der Waals surface area contributed by atoms with E-state index in [2.05, 4.69) is 12.2 Å². The second-order valence-electron chi connectivity index (χ2n) is 6.94. The van der Waals surface area contributed by atoms with Crippen LogP contribution in [0.1, 0.15) is 54.7 Å². The van der Waals surface area contributed by atoms with Gasteiger partial charge in [-0.25, -0.2) is 0 Å². The van der Waals surface area contributed by atoms with Crippen molar-refractivity contribution in [2.45, 2.75) is 45.3 Å². The van der Waals surface area contributed by atoms with Crippen LogP contribution in [0, 0.1) is 0 Å². The van der Waals surface area contributed by atoms with Gasteiger partial charge in [-0.1, -0.05) is 19.1 Å². The van der Waals surface area contributed by atoms with E-state index in [4.69, 9.17) is 10.5 Å². The molecular formula is C20H24N2O2. The monoisotopic (exact) mass is 324 g/mol. The van der Waals surface area contributed by atoms with Gasteiger partial charge in [0.1, 0.15) is 11.4 Å². The number of hydrogen-bond donors (Lipinski definition) is 2. The topological polar surface area (TPSA) is 64.3 Å². The van der Waals surface area contributed by atoms with E-state index in [9.17, 15) is 4.79 Å². The standard InChI is InChI=1S/C20H24N2O2/c1-4-13-5-7-14(8-6-13)19(23)22-17-12-20(2,3)24-18-10-9-15(21)11-16(17)18/h5-11,17H,4,12,21H2,1-3H3,(H,22,23). The van der Waals surface area contributed by atoms with Gasteiger partial charge < -0.3 is 15.8 Å². The molecule has 4 nitrogen and oxygen atoms in total. The summed E-state index contributed by atoms with van der Waals surface area (Å²) in [6, 6.07) is 13.2. The number of carbonyl (C=O) groups excluding carboxylic acids is 1. The van der Waals surface area contributed by atoms with Crippen LogP contribution in [-0.4, -0.2) is 11.5 Å². The van der Waals surface area contributed by atoms with Crippen molar-refractivity contribution in [3.8, 4) is 5.75 Å². The number of fused-ring (bicyclic) bond motifs is 1. The molecule has 0 saturated carbocycles. The molecule has 1 aliphatic rings. The van der Waals surface area contributed by atoms with E-state index in [0.29, 0.717) is 17.7 Å². The summed E-state index contributed by atoms with van der Waals surface area (Å²) in [4.78, 5) is 12.6. The molecule has 0 aromatic heterocycles. The maximum Gasteiger partial charge on any atom is 0.251 e. The normalized spacial score (nSPS) is 18.4. The van der Waals surface area contributed by atoms with Gasteiger partial charge in [0.2, 0.25) is 0 Å². The predicted molar refractivity (Wildman–Crippen MR) is 96.2 cm³/mol. The molecule has 0 bridgehead atoms. The molecule has 0 radical (unpaired) electrons. The molecule has 2 aromatic carbocycles. The zero-order valence-corrected chi connectivity index (χ0v) is 14.4. The largest absolute Gasteiger partial charge is 0.487 e. The first kappa shape index (κ1) is 16.4. The molecule has 2 aromatic rings. The lowest BCUT2D eigenvalue weighted by molar-refractivity contribution is 0.0620. The Morgan fingerprint density at radius 3 is 2.62 bits per heavy atom. The van der Waals surface area contributed by atoms with Crippen molar-refractivity contribution in [2.24, 2.45) is 0 Å². The third-order valence-corrected chi connectivity index (χ3v) is 4.42. The van der Waals surface area contributed by atoms with Crippen LogP contribution >= 0.6 is 0 Å². The lowest BCUT2D eigenvalue weighted by Gasteiger charge is -2.38. The Hall–Kier alpha value is -2.49. The highest BCUT2D eigenvalue weighted by atomic mass is 16.5. The van der Waals surface area contributed by atoms with E-state index in [1.54, 1.807) is 0 Å². The first-order valence-electron chi connectivity index (χ1n) is 8.36. The average molecular weight is 324 g/mol. The van der Waals surface area contributed by atoms with Gasteiger partial charge in [-0.2, -0.15) is 0 Å². The van der Waals surface area contributed by atoms with Crippen molar-refractivity contribution < 1.29 is 9.53 Å². The quantitative estimate of drug-likeness (QED) is 0.843. The van der Waals surface area contributed by atoms with E-state index in [-0.39, 0.29) is 17.6 Å². The second kappa shape index (κ2) is 6.19. The number of hydrogen-bond acceptors (Lipinski definition) is 3. The fourth-order valence-electron chi connectivity index (χ4n) is 3.14. The maximum absolute atomic E-state index is 12.6. The van der Waals surface area contributed by atoms with Crippen LogP contribution in [-0.2, 0) is 6.42 Å². The van der Waals surface area contributed by atoms with Crippen molar-refractivity contribution in [1.82, 2.24) is 5.32 Å². The molecule has 3 N–H and O–H groups in total. The van der Waals surface area contributed by atoms with Gasteiger partial charge in [-0.15, -0.1) is 0 Å². The van der Waals surface area contributed by atoms with Crippen molar-refractivity contribution in [3.05, 3.63) is 59.2 Å². The van der Waals surface area contributed by atoms with Crippen molar-refractivity contribution in [3.63, 3.8) is 0 Å². The summed E-state index contributed by atoms with van der Waals surface area (Å²) in [5, 5.41) is 3.14. The zero-order valence-electron chi connectivity index (χ0n) is 14.4. The summed E-state index contributed by atoms with van der Waals surface area (Å²) < 4.78 is 6.02. The highest BCUT2D eigenvalue weighted by molar-refractivity contribution is 5.94. The van der Waals surface area contributed by atoms with Crippen LogP contribution in [0.5, 0.6) is 5.75 Å². The Labute approximate surface area is 143 Å². The van der Waals surface area contributed by atoms with Crippen LogP contribution in [0.4, 0.5) is 5.69 Å². The van der Waals surface area contributed by atoms with E-state index < -0.39 is 0 Å². The molecule has 3 rings (SSSR count). The van der Waals surface area contributed by atoms with Gasteiger partial charge in [0.05, 0.1) is 6.04 Å². The third kappa shape index (κ3) is 3.37. The minimum absolute atomic E-state index is 0.0753. The number of carbonyl (C=O) groups is 1. The fraction of sp³-hybridized carbons (Fsp3) is 0.350. The van der Waals surface area contributed by atoms with Crippen LogP contribution in [0.2, 0.25) is 0 Å². The Balaban J connectivity index is 1.85. The highest BCUT2D eigenvalue weighted by Crippen LogP contribution is 2.40. The van der Waals surface area contributed by atoms with E-state index in [1.807, 2.05) is 56.3 Å². The Kier molecular flexibility index (Phi) is 4.22. The van der Waals surface area contributed by atoms with E-state index in [1.165, 1.54) is 5.56 Å². The van der Waals surface area contributed by atoms with Gasteiger partial charge in [0.15, 0.2) is 0 Å². The summed E-state index contributed by atoms with van der Waals surface area (Å²) in [6.45, 7) is 6.16. The van der Waals surface area contributed by atoms with Crippen molar-refractivity contribution >= 4 is 11.6 Å². The second-order valence-corrected chi connectivity index (χ2v) is 6.94. The average Bonchev–Trinajstić information content (AvgIpc) is 2.55. The molecule has 1 amide bonds. The molecule has 0 saturated heterocycles. The molecule has 0 spiro atoms. The Morgan fingerprint density at radius 2 is 1.96 bits per heavy atom. The summed E-state index contributed by atoms with van der Waals surface area (Å²) in [6.07, 6.45) is 1.66. The number of amides is 1. The Morgan fingerprint density at radius 1 is 1.25 bits per heavy atom. The molecule has 126 valence electrons. The number of ether oxygens (including phenoxy) is 1. The summed E-state index contributed by atoms with van der Waals surface area (Å²) in [7, 11) is 0. The fourth-order valence-corrected chi connectivity index (χ4v) is 3.14.